The largest absolute Gasteiger partial charge is 0.489 e. The second-order valence-corrected chi connectivity index (χ2v) is 5.74. The lowest BCUT2D eigenvalue weighted by molar-refractivity contribution is 0.0596. The molecule has 2 N–H and O–H groups in total. The van der Waals surface area contributed by atoms with Crippen LogP contribution in [0.2, 0.25) is 0 Å². The van der Waals surface area contributed by atoms with E-state index in [-0.39, 0.29) is 5.56 Å². The number of para-hydroxylation sites is 1. The fourth-order valence-electron chi connectivity index (χ4n) is 2.12. The molecule has 0 heterocycles. The number of nitrogens with one attached hydrogen (secondary N) is 2. The van der Waals surface area contributed by atoms with E-state index >= 15 is 0 Å². The van der Waals surface area contributed by atoms with E-state index < -0.39 is 12.0 Å². The molecular formula is C20H22N2O4. The van der Waals surface area contributed by atoms with Gasteiger partial charge in [-0.2, -0.15) is 0 Å². The molecule has 2 amide bonds. The van der Waals surface area contributed by atoms with Crippen molar-refractivity contribution in [2.75, 3.05) is 24.4 Å². The van der Waals surface area contributed by atoms with Crippen LogP contribution in [0.5, 0.6) is 5.75 Å². The van der Waals surface area contributed by atoms with Gasteiger partial charge in [0.2, 0.25) is 0 Å². The molecule has 2 aromatic carbocycles. The van der Waals surface area contributed by atoms with Gasteiger partial charge in [0.15, 0.2) is 0 Å². The number of hydrogen-bond acceptors (Lipinski definition) is 4. The Balaban J connectivity index is 2.12. The van der Waals surface area contributed by atoms with E-state index in [1.807, 2.05) is 38.1 Å². The Kier molecular flexibility index (Phi) is 6.79. The summed E-state index contributed by atoms with van der Waals surface area (Å²) in [5.41, 5.74) is 2.47. The van der Waals surface area contributed by atoms with Crippen molar-refractivity contribution in [2.24, 2.45) is 0 Å². The van der Waals surface area contributed by atoms with Gasteiger partial charge in [-0.15, -0.1) is 0 Å². The van der Waals surface area contributed by atoms with Gasteiger partial charge in [-0.1, -0.05) is 23.8 Å². The number of amides is 2. The Bertz CT molecular complexity index is 797. The zero-order chi connectivity index (χ0) is 18.9. The van der Waals surface area contributed by atoms with Crippen molar-refractivity contribution in [3.8, 4) is 5.75 Å². The maximum absolute atomic E-state index is 12.1. The molecule has 0 spiro atoms. The van der Waals surface area contributed by atoms with Crippen LogP contribution < -0.4 is 15.4 Å². The standard InChI is InChI=1S/C20H22N2O4/c1-14(2)11-12-26-18-10-9-16(13-17(18)19(23)25-3)22-20(24)21-15-7-5-4-6-8-15/h4-11,13H,12H2,1-3H3,(H2,21,22,24). The van der Waals surface area contributed by atoms with Gasteiger partial charge in [0.05, 0.1) is 7.11 Å². The predicted molar refractivity (Wildman–Crippen MR) is 102 cm³/mol. The van der Waals surface area contributed by atoms with Crippen LogP contribution in [-0.2, 0) is 4.74 Å². The van der Waals surface area contributed by atoms with E-state index in [1.54, 1.807) is 24.3 Å². The quantitative estimate of drug-likeness (QED) is 0.593. The van der Waals surface area contributed by atoms with Gasteiger partial charge in [-0.05, 0) is 50.3 Å². The summed E-state index contributed by atoms with van der Waals surface area (Å²) in [6, 6.07) is 13.5. The van der Waals surface area contributed by atoms with Crippen molar-refractivity contribution in [1.82, 2.24) is 0 Å². The minimum Gasteiger partial charge on any atom is -0.489 e. The highest BCUT2D eigenvalue weighted by Crippen LogP contribution is 2.24. The summed E-state index contributed by atoms with van der Waals surface area (Å²) in [4.78, 5) is 24.1. The number of benzene rings is 2. The second kappa shape index (κ2) is 9.27. The molecule has 6 heteroatoms. The molecule has 0 atom stereocenters. The van der Waals surface area contributed by atoms with Crippen molar-refractivity contribution < 1.29 is 19.1 Å². The first kappa shape index (κ1) is 19.1. The highest BCUT2D eigenvalue weighted by Gasteiger charge is 2.15. The first-order chi connectivity index (χ1) is 12.5. The normalized spacial score (nSPS) is 9.81. The monoisotopic (exact) mass is 354 g/mol. The second-order valence-electron chi connectivity index (χ2n) is 5.74. The van der Waals surface area contributed by atoms with E-state index in [9.17, 15) is 9.59 Å². The topological polar surface area (TPSA) is 76.7 Å². The average Bonchev–Trinajstić information content (AvgIpc) is 2.62. The van der Waals surface area contributed by atoms with Crippen LogP contribution in [0.4, 0.5) is 16.2 Å². The number of hydrogen-bond donors (Lipinski definition) is 2. The zero-order valence-corrected chi connectivity index (χ0v) is 15.0. The summed E-state index contributed by atoms with van der Waals surface area (Å²) in [5.74, 6) is -0.146. The molecule has 0 fully saturated rings. The molecule has 2 rings (SSSR count). The molecule has 0 unspecified atom stereocenters. The molecule has 0 bridgehead atoms. The Morgan fingerprint density at radius 3 is 2.35 bits per heavy atom. The number of carbonyl (C=O) groups is 2. The van der Waals surface area contributed by atoms with Crippen molar-refractivity contribution in [1.29, 1.82) is 0 Å². The lowest BCUT2D eigenvalue weighted by Crippen LogP contribution is -2.19. The maximum atomic E-state index is 12.1. The van der Waals surface area contributed by atoms with E-state index in [2.05, 4.69) is 10.6 Å². The molecule has 0 aromatic heterocycles. The van der Waals surface area contributed by atoms with Crippen molar-refractivity contribution in [3.05, 3.63) is 65.7 Å². The van der Waals surface area contributed by atoms with Crippen molar-refractivity contribution in [3.63, 3.8) is 0 Å². The van der Waals surface area contributed by atoms with Crippen LogP contribution in [0.3, 0.4) is 0 Å². The van der Waals surface area contributed by atoms with E-state index in [4.69, 9.17) is 9.47 Å². The Hall–Kier alpha value is -3.28. The van der Waals surface area contributed by atoms with Crippen molar-refractivity contribution >= 4 is 23.4 Å². The SMILES string of the molecule is COC(=O)c1cc(NC(=O)Nc2ccccc2)ccc1OCC=C(C)C. The fraction of sp³-hybridized carbons (Fsp3) is 0.200. The number of methoxy groups -OCH3 is 1. The number of carbonyl (C=O) groups excluding carboxylic acids is 2. The molecule has 2 aromatic rings. The number of anilines is 2. The zero-order valence-electron chi connectivity index (χ0n) is 15.0. The number of rotatable bonds is 6. The van der Waals surface area contributed by atoms with Gasteiger partial charge < -0.3 is 20.1 Å². The van der Waals surface area contributed by atoms with Gasteiger partial charge in [-0.3, -0.25) is 0 Å². The van der Waals surface area contributed by atoms with Crippen LogP contribution in [0, 0.1) is 0 Å². The van der Waals surface area contributed by atoms with Crippen molar-refractivity contribution in [2.45, 2.75) is 13.8 Å². The van der Waals surface area contributed by atoms with Gasteiger partial charge in [0.1, 0.15) is 17.9 Å². The third-order valence-electron chi connectivity index (χ3n) is 3.40. The van der Waals surface area contributed by atoms with E-state index in [1.165, 1.54) is 13.2 Å². The van der Waals surface area contributed by atoms with Gasteiger partial charge in [0, 0.05) is 11.4 Å². The predicted octanol–water partition coefficient (Wildman–Crippen LogP) is 4.46. The fourth-order valence-corrected chi connectivity index (χ4v) is 2.12. The molecule has 0 saturated heterocycles. The highest BCUT2D eigenvalue weighted by molar-refractivity contribution is 6.01. The van der Waals surface area contributed by atoms with Crippen LogP contribution in [0.15, 0.2) is 60.2 Å². The van der Waals surface area contributed by atoms with Crippen LogP contribution in [0.1, 0.15) is 24.2 Å². The van der Waals surface area contributed by atoms with E-state index in [0.717, 1.165) is 5.57 Å². The molecule has 6 nitrogen and oxygen atoms in total. The maximum Gasteiger partial charge on any atom is 0.341 e. The summed E-state index contributed by atoms with van der Waals surface area (Å²) < 4.78 is 10.4. The van der Waals surface area contributed by atoms with Crippen LogP contribution in [-0.4, -0.2) is 25.7 Å². The van der Waals surface area contributed by atoms with E-state index in [0.29, 0.717) is 23.7 Å². The highest BCUT2D eigenvalue weighted by atomic mass is 16.5. The summed E-state index contributed by atoms with van der Waals surface area (Å²) in [7, 11) is 1.30. The molecule has 136 valence electrons. The van der Waals surface area contributed by atoms with Gasteiger partial charge >= 0.3 is 12.0 Å². The number of ether oxygens (including phenoxy) is 2. The third-order valence-corrected chi connectivity index (χ3v) is 3.40. The number of allylic oxidation sites excluding steroid dienone is 1. The number of esters is 1. The lowest BCUT2D eigenvalue weighted by Gasteiger charge is -2.12. The summed E-state index contributed by atoms with van der Waals surface area (Å²) in [5, 5.41) is 5.40. The smallest absolute Gasteiger partial charge is 0.341 e. The molecule has 26 heavy (non-hydrogen) atoms. The minimum atomic E-state index is -0.538. The Morgan fingerprint density at radius 2 is 1.69 bits per heavy atom. The summed E-state index contributed by atoms with van der Waals surface area (Å²) >= 11 is 0. The molecule has 0 aliphatic carbocycles. The van der Waals surface area contributed by atoms with Gasteiger partial charge in [0.25, 0.3) is 0 Å². The first-order valence-electron chi connectivity index (χ1n) is 8.11. The molecule has 0 aliphatic heterocycles. The molecule has 0 radical (unpaired) electrons. The Morgan fingerprint density at radius 1 is 1.00 bits per heavy atom. The molecular weight excluding hydrogens is 332 g/mol. The summed E-state index contributed by atoms with van der Waals surface area (Å²) in [6.45, 7) is 4.26. The van der Waals surface area contributed by atoms with Crippen LogP contribution in [0.25, 0.3) is 0 Å². The molecule has 0 aliphatic rings. The number of urea groups is 1. The molecule has 0 saturated carbocycles. The first-order valence-corrected chi connectivity index (χ1v) is 8.11. The van der Waals surface area contributed by atoms with Gasteiger partial charge in [-0.25, -0.2) is 9.59 Å². The Labute approximate surface area is 152 Å². The lowest BCUT2D eigenvalue weighted by atomic mass is 10.1. The third kappa shape index (κ3) is 5.66. The minimum absolute atomic E-state index is 0.243. The summed E-state index contributed by atoms with van der Waals surface area (Å²) in [6.07, 6.45) is 1.90. The average molecular weight is 354 g/mol. The van der Waals surface area contributed by atoms with Crippen LogP contribution >= 0.6 is 0 Å².